The van der Waals surface area contributed by atoms with E-state index in [0.717, 1.165) is 31.7 Å². The molecule has 0 radical (unpaired) electrons. The summed E-state index contributed by atoms with van der Waals surface area (Å²) in [6, 6.07) is 10.4. The molecule has 0 unspecified atom stereocenters. The maximum absolute atomic E-state index is 10.1. The zero-order chi connectivity index (χ0) is 11.4. The second-order valence-electron chi connectivity index (χ2n) is 4.47. The number of nitrogens with one attached hydrogen (secondary N) is 1. The van der Waals surface area contributed by atoms with E-state index >= 15 is 0 Å². The first kappa shape index (κ1) is 11.6. The van der Waals surface area contributed by atoms with Gasteiger partial charge in [0.2, 0.25) is 0 Å². The van der Waals surface area contributed by atoms with E-state index in [0.29, 0.717) is 6.04 Å². The van der Waals surface area contributed by atoms with Gasteiger partial charge in [-0.05, 0) is 12.5 Å². The molecule has 1 aliphatic heterocycles. The van der Waals surface area contributed by atoms with Gasteiger partial charge in [0.1, 0.15) is 0 Å². The van der Waals surface area contributed by atoms with E-state index in [2.05, 4.69) is 17.1 Å². The highest BCUT2D eigenvalue weighted by Crippen LogP contribution is 2.15. The van der Waals surface area contributed by atoms with Crippen molar-refractivity contribution in [3.63, 3.8) is 0 Å². The molecule has 2 rings (SSSR count). The number of aliphatic hydroxyl groups is 1. The Kier molecular flexibility index (Phi) is 3.93. The molecule has 3 heteroatoms. The minimum atomic E-state index is -0.373. The fourth-order valence-corrected chi connectivity index (χ4v) is 2.16. The quantitative estimate of drug-likeness (QED) is 0.798. The van der Waals surface area contributed by atoms with Gasteiger partial charge in [-0.3, -0.25) is 4.90 Å². The maximum Gasteiger partial charge on any atom is 0.0917 e. The van der Waals surface area contributed by atoms with Gasteiger partial charge in [0.05, 0.1) is 6.10 Å². The molecule has 2 N–H and O–H groups in total. The van der Waals surface area contributed by atoms with Crippen molar-refractivity contribution >= 4 is 0 Å². The van der Waals surface area contributed by atoms with Crippen LogP contribution in [0.15, 0.2) is 30.3 Å². The first-order valence-electron chi connectivity index (χ1n) is 5.95. The summed E-state index contributed by atoms with van der Waals surface area (Å²) < 4.78 is 0. The molecular formula is C13H20N2O. The van der Waals surface area contributed by atoms with E-state index in [1.165, 1.54) is 0 Å². The van der Waals surface area contributed by atoms with Crippen LogP contribution in [0.1, 0.15) is 18.6 Å². The predicted octanol–water partition coefficient (Wildman–Crippen LogP) is 1.01. The Morgan fingerprint density at radius 2 is 2.19 bits per heavy atom. The summed E-state index contributed by atoms with van der Waals surface area (Å²) in [4.78, 5) is 2.34. The SMILES string of the molecule is C[C@H]1CNCCN1C[C@@H](O)c1ccccc1. The molecule has 0 aromatic heterocycles. The lowest BCUT2D eigenvalue weighted by molar-refractivity contribution is 0.0793. The van der Waals surface area contributed by atoms with Crippen LogP contribution in [0, 0.1) is 0 Å². The summed E-state index contributed by atoms with van der Waals surface area (Å²) in [5.41, 5.74) is 1.01. The summed E-state index contributed by atoms with van der Waals surface area (Å²) >= 11 is 0. The van der Waals surface area contributed by atoms with Crippen LogP contribution in [-0.2, 0) is 0 Å². The van der Waals surface area contributed by atoms with E-state index < -0.39 is 0 Å². The number of aliphatic hydroxyl groups excluding tert-OH is 1. The van der Waals surface area contributed by atoms with E-state index in [-0.39, 0.29) is 6.10 Å². The van der Waals surface area contributed by atoms with Gasteiger partial charge in [-0.1, -0.05) is 30.3 Å². The predicted molar refractivity (Wildman–Crippen MR) is 65.3 cm³/mol. The number of piperazine rings is 1. The Morgan fingerprint density at radius 3 is 2.88 bits per heavy atom. The molecule has 1 fully saturated rings. The second kappa shape index (κ2) is 5.43. The van der Waals surface area contributed by atoms with Crippen molar-refractivity contribution < 1.29 is 5.11 Å². The Balaban J connectivity index is 1.94. The summed E-state index contributed by atoms with van der Waals surface area (Å²) in [7, 11) is 0. The molecule has 0 spiro atoms. The third-order valence-electron chi connectivity index (χ3n) is 3.23. The van der Waals surface area contributed by atoms with Crippen LogP contribution in [0.4, 0.5) is 0 Å². The Hall–Kier alpha value is -0.900. The standard InChI is InChI=1S/C13H20N2O/c1-11-9-14-7-8-15(11)10-13(16)12-5-3-2-4-6-12/h2-6,11,13-14,16H,7-10H2,1H3/t11-,13+/m0/s1. The monoisotopic (exact) mass is 220 g/mol. The normalized spacial score (nSPS) is 24.2. The van der Waals surface area contributed by atoms with Crippen LogP contribution < -0.4 is 5.32 Å². The zero-order valence-electron chi connectivity index (χ0n) is 9.76. The number of hydrogen-bond donors (Lipinski definition) is 2. The number of benzene rings is 1. The highest BCUT2D eigenvalue weighted by molar-refractivity contribution is 5.17. The molecule has 16 heavy (non-hydrogen) atoms. The average molecular weight is 220 g/mol. The minimum absolute atomic E-state index is 0.373. The smallest absolute Gasteiger partial charge is 0.0917 e. The highest BCUT2D eigenvalue weighted by Gasteiger charge is 2.20. The molecule has 0 saturated carbocycles. The molecule has 1 heterocycles. The van der Waals surface area contributed by atoms with Gasteiger partial charge in [0.15, 0.2) is 0 Å². The molecule has 0 aliphatic carbocycles. The van der Waals surface area contributed by atoms with Gasteiger partial charge in [0, 0.05) is 32.2 Å². The topological polar surface area (TPSA) is 35.5 Å². The van der Waals surface area contributed by atoms with Crippen molar-refractivity contribution in [1.29, 1.82) is 0 Å². The summed E-state index contributed by atoms with van der Waals surface area (Å²) in [6.07, 6.45) is -0.373. The van der Waals surface area contributed by atoms with Crippen LogP contribution >= 0.6 is 0 Å². The number of rotatable bonds is 3. The molecule has 1 aromatic carbocycles. The Morgan fingerprint density at radius 1 is 1.44 bits per heavy atom. The summed E-state index contributed by atoms with van der Waals surface area (Å²) in [6.45, 7) is 5.98. The first-order chi connectivity index (χ1) is 7.77. The van der Waals surface area contributed by atoms with E-state index in [4.69, 9.17) is 0 Å². The molecule has 2 atom stereocenters. The second-order valence-corrected chi connectivity index (χ2v) is 4.47. The molecule has 0 amide bonds. The van der Waals surface area contributed by atoms with Gasteiger partial charge < -0.3 is 10.4 Å². The third kappa shape index (κ3) is 2.82. The molecule has 1 aromatic rings. The lowest BCUT2D eigenvalue weighted by atomic mass is 10.1. The molecule has 1 saturated heterocycles. The van der Waals surface area contributed by atoms with E-state index in [1.54, 1.807) is 0 Å². The van der Waals surface area contributed by atoms with Crippen LogP contribution in [0.25, 0.3) is 0 Å². The zero-order valence-corrected chi connectivity index (χ0v) is 9.76. The fraction of sp³-hybridized carbons (Fsp3) is 0.538. The van der Waals surface area contributed by atoms with Crippen LogP contribution in [0.3, 0.4) is 0 Å². The van der Waals surface area contributed by atoms with Gasteiger partial charge in [-0.2, -0.15) is 0 Å². The first-order valence-corrected chi connectivity index (χ1v) is 5.95. The van der Waals surface area contributed by atoms with Gasteiger partial charge >= 0.3 is 0 Å². The number of nitrogens with zero attached hydrogens (tertiary/aromatic N) is 1. The lowest BCUT2D eigenvalue weighted by Crippen LogP contribution is -2.50. The lowest BCUT2D eigenvalue weighted by Gasteiger charge is -2.35. The minimum Gasteiger partial charge on any atom is -0.387 e. The van der Waals surface area contributed by atoms with E-state index in [1.807, 2.05) is 30.3 Å². The molecule has 3 nitrogen and oxygen atoms in total. The van der Waals surface area contributed by atoms with Gasteiger partial charge in [-0.25, -0.2) is 0 Å². The molecule has 0 bridgehead atoms. The summed E-state index contributed by atoms with van der Waals surface area (Å²) in [5, 5.41) is 13.5. The summed E-state index contributed by atoms with van der Waals surface area (Å²) in [5.74, 6) is 0. The Labute approximate surface area is 97.1 Å². The van der Waals surface area contributed by atoms with Gasteiger partial charge in [-0.15, -0.1) is 0 Å². The van der Waals surface area contributed by atoms with Gasteiger partial charge in [0.25, 0.3) is 0 Å². The average Bonchev–Trinajstić information content (AvgIpc) is 2.33. The van der Waals surface area contributed by atoms with Crippen LogP contribution in [-0.4, -0.2) is 42.2 Å². The van der Waals surface area contributed by atoms with E-state index in [9.17, 15) is 5.11 Å². The van der Waals surface area contributed by atoms with Crippen molar-refractivity contribution in [3.05, 3.63) is 35.9 Å². The molecular weight excluding hydrogens is 200 g/mol. The highest BCUT2D eigenvalue weighted by atomic mass is 16.3. The van der Waals surface area contributed by atoms with Crippen molar-refractivity contribution in [2.45, 2.75) is 19.1 Å². The van der Waals surface area contributed by atoms with Crippen LogP contribution in [0.2, 0.25) is 0 Å². The fourth-order valence-electron chi connectivity index (χ4n) is 2.16. The van der Waals surface area contributed by atoms with Crippen molar-refractivity contribution in [3.8, 4) is 0 Å². The number of hydrogen-bond acceptors (Lipinski definition) is 3. The Bertz CT molecular complexity index is 315. The molecule has 88 valence electrons. The van der Waals surface area contributed by atoms with Crippen LogP contribution in [0.5, 0.6) is 0 Å². The van der Waals surface area contributed by atoms with Crippen molar-refractivity contribution in [1.82, 2.24) is 10.2 Å². The maximum atomic E-state index is 10.1. The largest absolute Gasteiger partial charge is 0.387 e. The van der Waals surface area contributed by atoms with Crippen molar-refractivity contribution in [2.24, 2.45) is 0 Å². The van der Waals surface area contributed by atoms with Crippen molar-refractivity contribution in [2.75, 3.05) is 26.2 Å². The number of β-amino-alcohol motifs (C(OH)–C–C–N with tert-alkyl or cyclic N) is 1. The molecule has 1 aliphatic rings. The third-order valence-corrected chi connectivity index (χ3v) is 3.23.